The van der Waals surface area contributed by atoms with Crippen molar-refractivity contribution in [3.8, 4) is 28.5 Å². The first-order chi connectivity index (χ1) is 20.2. The Hall–Kier alpha value is -3.80. The monoisotopic (exact) mass is 532 g/mol. The lowest BCUT2D eigenvalue weighted by atomic mass is 9.73. The molecule has 3 fully saturated rings. The molecule has 200 valence electrons. The van der Waals surface area contributed by atoms with Gasteiger partial charge in [0.15, 0.2) is 17.5 Å². The van der Waals surface area contributed by atoms with E-state index in [4.69, 9.17) is 17.3 Å². The summed E-state index contributed by atoms with van der Waals surface area (Å²) in [4.78, 5) is 30.3. The van der Waals surface area contributed by atoms with Gasteiger partial charge in [0.2, 0.25) is 5.88 Å². The first-order valence-electron chi connectivity index (χ1n) is 14.5. The Morgan fingerprint density at radius 2 is 2.03 bits per heavy atom. The summed E-state index contributed by atoms with van der Waals surface area (Å²) in [6.45, 7) is -3.90. The maximum absolute atomic E-state index is 16.0. The van der Waals surface area contributed by atoms with Gasteiger partial charge < -0.3 is 15.8 Å². The number of hydrogen-bond acceptors (Lipinski definition) is 8. The van der Waals surface area contributed by atoms with Crippen LogP contribution in [0.15, 0.2) is 24.5 Å². The summed E-state index contributed by atoms with van der Waals surface area (Å²) in [6.07, 6.45) is 3.84. The van der Waals surface area contributed by atoms with Gasteiger partial charge in [0.1, 0.15) is 11.4 Å². The molecule has 0 aromatic carbocycles. The molecule has 5 heterocycles. The highest BCUT2D eigenvalue weighted by molar-refractivity contribution is 5.97. The van der Waals surface area contributed by atoms with E-state index in [2.05, 4.69) is 25.3 Å². The van der Waals surface area contributed by atoms with Crippen molar-refractivity contribution in [1.82, 2.24) is 30.2 Å². The van der Waals surface area contributed by atoms with Gasteiger partial charge in [-0.05, 0) is 51.2 Å². The molecule has 1 aliphatic carbocycles. The van der Waals surface area contributed by atoms with Gasteiger partial charge in [0.05, 0.1) is 29.6 Å². The molecule has 2 bridgehead atoms. The summed E-state index contributed by atoms with van der Waals surface area (Å²) in [7, 11) is 0. The Morgan fingerprint density at radius 1 is 1.24 bits per heavy atom. The second-order valence-corrected chi connectivity index (χ2v) is 9.30. The number of carbonyl (C=O) groups is 1. The number of pyridine rings is 2. The molecule has 12 heteroatoms. The quantitative estimate of drug-likeness (QED) is 0.472. The fourth-order valence-electron chi connectivity index (χ4n) is 4.99. The minimum atomic E-state index is -2.94. The summed E-state index contributed by atoms with van der Waals surface area (Å²) >= 11 is 0. The van der Waals surface area contributed by atoms with Crippen LogP contribution >= 0.6 is 0 Å². The predicted octanol–water partition coefficient (Wildman–Crippen LogP) is 3.75. The van der Waals surface area contributed by atoms with Gasteiger partial charge in [0, 0.05) is 31.2 Å². The molecular formula is C26H28F3N7O2. The molecule has 1 saturated carbocycles. The molecule has 9 nitrogen and oxygen atoms in total. The highest BCUT2D eigenvalue weighted by Crippen LogP contribution is 2.38. The molecule has 3 aliphatic rings. The maximum Gasteiger partial charge on any atom is 0.256 e. The van der Waals surface area contributed by atoms with E-state index >= 15 is 4.39 Å². The number of aromatic nitrogens is 4. The molecular weight excluding hydrogens is 499 g/mol. The van der Waals surface area contributed by atoms with Crippen molar-refractivity contribution in [2.75, 3.05) is 25.4 Å². The van der Waals surface area contributed by atoms with E-state index in [1.807, 2.05) is 0 Å². The fourth-order valence-corrected chi connectivity index (χ4v) is 4.99. The van der Waals surface area contributed by atoms with Crippen molar-refractivity contribution in [3.63, 3.8) is 0 Å². The topological polar surface area (TPSA) is 119 Å². The van der Waals surface area contributed by atoms with Crippen molar-refractivity contribution < 1.29 is 29.6 Å². The molecule has 38 heavy (non-hydrogen) atoms. The average Bonchev–Trinajstić information content (AvgIpc) is 2.95. The largest absolute Gasteiger partial charge is 0.476 e. The molecule has 0 atom stereocenters. The molecule has 3 aromatic rings. The third-order valence-electron chi connectivity index (χ3n) is 6.93. The summed E-state index contributed by atoms with van der Waals surface area (Å²) in [6, 6.07) is 1.79. The van der Waals surface area contributed by atoms with E-state index in [1.165, 1.54) is 11.1 Å². The average molecular weight is 533 g/mol. The van der Waals surface area contributed by atoms with E-state index in [-0.39, 0.29) is 42.0 Å². The van der Waals surface area contributed by atoms with Crippen molar-refractivity contribution in [3.05, 3.63) is 47.7 Å². The lowest BCUT2D eigenvalue weighted by Gasteiger charge is -2.53. The van der Waals surface area contributed by atoms with Gasteiger partial charge in [-0.1, -0.05) is 6.85 Å². The minimum Gasteiger partial charge on any atom is -0.476 e. The van der Waals surface area contributed by atoms with Crippen LogP contribution in [0.25, 0.3) is 22.6 Å². The normalized spacial score (nSPS) is 23.6. The van der Waals surface area contributed by atoms with Crippen LogP contribution < -0.4 is 15.8 Å². The second kappa shape index (κ2) is 10.2. The lowest BCUT2D eigenvalue weighted by Crippen LogP contribution is -2.65. The van der Waals surface area contributed by atoms with Crippen molar-refractivity contribution >= 4 is 11.7 Å². The Kier molecular flexibility index (Phi) is 5.40. The van der Waals surface area contributed by atoms with Crippen LogP contribution in [0.1, 0.15) is 56.7 Å². The Balaban J connectivity index is 1.56. The number of piperidine rings is 2. The van der Waals surface area contributed by atoms with Crippen molar-refractivity contribution in [2.45, 2.75) is 51.0 Å². The standard InChI is InChI=1S/C26H28F3N7O2/c1-3-36-13-26(7-5-15(36)6-8-26)35-24(37)16-10-18(14-9-17(27)25(32-11-14)38-4-2)33-21(20(16)28)19-12-31-23(30)22(29)34-19/h9-12,15H,3-8,13H2,1-2H3,(H2,30,31)(H,35,37)/i1D3,3D2. The van der Waals surface area contributed by atoms with E-state index in [1.54, 1.807) is 6.92 Å². The van der Waals surface area contributed by atoms with E-state index < -0.39 is 59.5 Å². The zero-order chi connectivity index (χ0) is 31.3. The van der Waals surface area contributed by atoms with E-state index in [0.717, 1.165) is 18.3 Å². The lowest BCUT2D eigenvalue weighted by molar-refractivity contribution is 0.0140. The number of amides is 1. The Labute approximate surface area is 224 Å². The molecule has 3 aromatic heterocycles. The van der Waals surface area contributed by atoms with Crippen LogP contribution in [-0.2, 0) is 0 Å². The minimum absolute atomic E-state index is 0.0496. The predicted molar refractivity (Wildman–Crippen MR) is 134 cm³/mol. The van der Waals surface area contributed by atoms with Crippen LogP contribution in [0, 0.1) is 17.6 Å². The number of nitrogen functional groups attached to an aromatic ring is 1. The summed E-state index contributed by atoms with van der Waals surface area (Å²) in [5.74, 6) is -4.92. The number of nitrogens with zero attached hydrogens (tertiary/aromatic N) is 5. The summed E-state index contributed by atoms with van der Waals surface area (Å²) in [5.41, 5.74) is 2.82. The third kappa shape index (κ3) is 4.75. The number of halogens is 3. The van der Waals surface area contributed by atoms with Crippen LogP contribution in [0.5, 0.6) is 5.88 Å². The number of anilines is 1. The number of nitrogens with one attached hydrogen (secondary N) is 1. The molecule has 0 spiro atoms. The summed E-state index contributed by atoms with van der Waals surface area (Å²) < 4.78 is 89.7. The molecule has 2 aliphatic heterocycles. The number of ether oxygens (including phenoxy) is 1. The van der Waals surface area contributed by atoms with Crippen LogP contribution in [-0.4, -0.2) is 62.0 Å². The number of likely N-dealkylation sites (N-methyl/N-ethyl adjacent to an activating group) is 1. The molecule has 0 radical (unpaired) electrons. The third-order valence-corrected chi connectivity index (χ3v) is 6.93. The van der Waals surface area contributed by atoms with Gasteiger partial charge >= 0.3 is 0 Å². The van der Waals surface area contributed by atoms with Gasteiger partial charge in [-0.2, -0.15) is 4.39 Å². The maximum atomic E-state index is 16.0. The number of nitrogens with two attached hydrogens (primary N) is 1. The number of fused-ring (bicyclic) bond motifs is 3. The molecule has 2 saturated heterocycles. The smallest absolute Gasteiger partial charge is 0.256 e. The summed E-state index contributed by atoms with van der Waals surface area (Å²) in [5, 5.41) is 2.81. The van der Waals surface area contributed by atoms with Gasteiger partial charge in [-0.3, -0.25) is 9.69 Å². The van der Waals surface area contributed by atoms with Crippen molar-refractivity contribution in [2.24, 2.45) is 0 Å². The van der Waals surface area contributed by atoms with Crippen LogP contribution in [0.3, 0.4) is 0 Å². The fraction of sp³-hybridized carbons (Fsp3) is 0.423. The molecule has 1 amide bonds. The van der Waals surface area contributed by atoms with Crippen molar-refractivity contribution in [1.29, 1.82) is 0 Å². The van der Waals surface area contributed by atoms with Crippen LogP contribution in [0.2, 0.25) is 0 Å². The molecule has 0 unspecified atom stereocenters. The zero-order valence-electron chi connectivity index (χ0n) is 25.4. The van der Waals surface area contributed by atoms with E-state index in [0.29, 0.717) is 25.7 Å². The van der Waals surface area contributed by atoms with E-state index in [9.17, 15) is 13.6 Å². The number of carbonyl (C=O) groups excluding carboxylic acids is 1. The number of hydrogen-bond donors (Lipinski definition) is 2. The first-order valence-corrected chi connectivity index (χ1v) is 12.0. The van der Waals surface area contributed by atoms with Crippen LogP contribution in [0.4, 0.5) is 19.0 Å². The Bertz CT molecular complexity index is 1570. The van der Waals surface area contributed by atoms with Gasteiger partial charge in [-0.25, -0.2) is 28.7 Å². The number of rotatable bonds is 7. The molecule has 3 N–H and O–H groups in total. The highest BCUT2D eigenvalue weighted by atomic mass is 19.1. The van der Waals surface area contributed by atoms with Gasteiger partial charge in [0.25, 0.3) is 11.9 Å². The second-order valence-electron chi connectivity index (χ2n) is 9.30. The highest BCUT2D eigenvalue weighted by Gasteiger charge is 2.45. The molecule has 6 rings (SSSR count). The van der Waals surface area contributed by atoms with Gasteiger partial charge in [-0.15, -0.1) is 0 Å². The first kappa shape index (κ1) is 20.2. The Morgan fingerprint density at radius 3 is 2.71 bits per heavy atom. The SMILES string of the molecule is [2H]C([2H])([2H])C([2H])([2H])N1CC2(NC(=O)c3cc(-c4cnc(OCC)c(F)c4)nc(-c4cnc(N)c(F)n4)c3F)CCC1CC2. The zero-order valence-corrected chi connectivity index (χ0v) is 20.4.